The molecule has 1 saturated heterocycles. The number of carbonyl (C=O) groups is 2. The van der Waals surface area contributed by atoms with Gasteiger partial charge in [0.1, 0.15) is 11.9 Å². The highest BCUT2D eigenvalue weighted by molar-refractivity contribution is 5.79. The number of ketones is 1. The average molecular weight is 239 g/mol. The van der Waals surface area contributed by atoms with Crippen LogP contribution in [0.4, 0.5) is 0 Å². The van der Waals surface area contributed by atoms with Crippen molar-refractivity contribution in [2.24, 2.45) is 0 Å². The fourth-order valence-corrected chi connectivity index (χ4v) is 2.88. The molecule has 0 atom stereocenters. The number of piperidine rings is 1. The molecule has 0 unspecified atom stereocenters. The first-order valence-corrected chi connectivity index (χ1v) is 6.58. The van der Waals surface area contributed by atoms with E-state index < -0.39 is 0 Å². The number of hydrogen-bond donors (Lipinski definition) is 0. The van der Waals surface area contributed by atoms with Crippen molar-refractivity contribution in [3.05, 3.63) is 0 Å². The molecule has 0 aromatic heterocycles. The Morgan fingerprint density at radius 1 is 1.18 bits per heavy atom. The van der Waals surface area contributed by atoms with Gasteiger partial charge in [0.2, 0.25) is 0 Å². The molecule has 2 rings (SSSR count). The van der Waals surface area contributed by atoms with E-state index in [-0.39, 0.29) is 12.1 Å². The lowest BCUT2D eigenvalue weighted by molar-refractivity contribution is -0.149. The molecule has 0 radical (unpaired) electrons. The molecule has 96 valence electrons. The standard InChI is InChI=1S/C13H21NO3/c1-10(15)17-13-6-8-14(9-7-13)11-2-4-12(16)5-3-11/h11,13H,2-9H2,1H3. The fraction of sp³-hybridized carbons (Fsp3) is 0.846. The van der Waals surface area contributed by atoms with Gasteiger partial charge < -0.3 is 9.64 Å². The van der Waals surface area contributed by atoms with Crippen LogP contribution in [-0.2, 0) is 14.3 Å². The van der Waals surface area contributed by atoms with Crippen LogP contribution in [0.15, 0.2) is 0 Å². The van der Waals surface area contributed by atoms with Gasteiger partial charge in [-0.3, -0.25) is 9.59 Å². The van der Waals surface area contributed by atoms with E-state index in [2.05, 4.69) is 4.90 Å². The molecule has 0 spiro atoms. The van der Waals surface area contributed by atoms with Crippen molar-refractivity contribution in [2.75, 3.05) is 13.1 Å². The summed E-state index contributed by atoms with van der Waals surface area (Å²) in [5.74, 6) is 0.239. The van der Waals surface area contributed by atoms with Crippen molar-refractivity contribution in [3.63, 3.8) is 0 Å². The van der Waals surface area contributed by atoms with Crippen molar-refractivity contribution >= 4 is 11.8 Å². The first kappa shape index (κ1) is 12.6. The summed E-state index contributed by atoms with van der Waals surface area (Å²) in [4.78, 5) is 24.5. The quantitative estimate of drug-likeness (QED) is 0.686. The molecule has 2 fully saturated rings. The molecule has 0 N–H and O–H groups in total. The van der Waals surface area contributed by atoms with E-state index in [0.717, 1.165) is 51.6 Å². The molecule has 1 saturated carbocycles. The molecular formula is C13H21NO3. The largest absolute Gasteiger partial charge is 0.462 e. The molecular weight excluding hydrogens is 218 g/mol. The van der Waals surface area contributed by atoms with Gasteiger partial charge in [0.05, 0.1) is 0 Å². The summed E-state index contributed by atoms with van der Waals surface area (Å²) in [5.41, 5.74) is 0. The number of hydrogen-bond acceptors (Lipinski definition) is 4. The first-order valence-electron chi connectivity index (χ1n) is 6.58. The lowest BCUT2D eigenvalue weighted by atomic mass is 9.91. The van der Waals surface area contributed by atoms with Gasteiger partial charge >= 0.3 is 5.97 Å². The van der Waals surface area contributed by atoms with Gasteiger partial charge in [-0.25, -0.2) is 0 Å². The third-order valence-electron chi connectivity index (χ3n) is 3.84. The Balaban J connectivity index is 1.75. The Labute approximate surface area is 102 Å². The molecule has 2 aliphatic rings. The van der Waals surface area contributed by atoms with Crippen LogP contribution >= 0.6 is 0 Å². The maximum absolute atomic E-state index is 11.2. The van der Waals surface area contributed by atoms with Gasteiger partial charge in [0.25, 0.3) is 0 Å². The monoisotopic (exact) mass is 239 g/mol. The highest BCUT2D eigenvalue weighted by Gasteiger charge is 2.28. The number of nitrogens with zero attached hydrogens (tertiary/aromatic N) is 1. The van der Waals surface area contributed by atoms with Crippen molar-refractivity contribution in [1.29, 1.82) is 0 Å². The SMILES string of the molecule is CC(=O)OC1CCN(C2CCC(=O)CC2)CC1. The minimum atomic E-state index is -0.174. The maximum atomic E-state index is 11.2. The predicted octanol–water partition coefficient (Wildman–Crippen LogP) is 1.53. The molecule has 4 nitrogen and oxygen atoms in total. The van der Waals surface area contributed by atoms with E-state index in [1.165, 1.54) is 6.92 Å². The van der Waals surface area contributed by atoms with E-state index in [9.17, 15) is 9.59 Å². The van der Waals surface area contributed by atoms with Crippen LogP contribution in [0, 0.1) is 0 Å². The highest BCUT2D eigenvalue weighted by atomic mass is 16.5. The molecule has 0 aromatic rings. The minimum absolute atomic E-state index is 0.106. The summed E-state index contributed by atoms with van der Waals surface area (Å²) in [6.07, 6.45) is 5.49. The third kappa shape index (κ3) is 3.53. The summed E-state index contributed by atoms with van der Waals surface area (Å²) in [6, 6.07) is 0.575. The Bertz CT molecular complexity index is 285. The van der Waals surface area contributed by atoms with Crippen LogP contribution in [0.25, 0.3) is 0 Å². The normalized spacial score (nSPS) is 24.9. The second-order valence-electron chi connectivity index (χ2n) is 5.11. The summed E-state index contributed by atoms with van der Waals surface area (Å²) in [7, 11) is 0. The van der Waals surface area contributed by atoms with Crippen LogP contribution in [0.3, 0.4) is 0 Å². The summed E-state index contributed by atoms with van der Waals surface area (Å²) >= 11 is 0. The highest BCUT2D eigenvalue weighted by Crippen LogP contribution is 2.24. The van der Waals surface area contributed by atoms with E-state index in [0.29, 0.717) is 11.8 Å². The van der Waals surface area contributed by atoms with E-state index in [1.807, 2.05) is 0 Å². The van der Waals surface area contributed by atoms with Crippen LogP contribution in [0.2, 0.25) is 0 Å². The second kappa shape index (κ2) is 5.63. The molecule has 1 aliphatic carbocycles. The number of likely N-dealkylation sites (tertiary alicyclic amines) is 1. The number of ether oxygens (including phenoxy) is 1. The Kier molecular flexibility index (Phi) is 4.15. The first-order chi connectivity index (χ1) is 8.15. The minimum Gasteiger partial charge on any atom is -0.462 e. The predicted molar refractivity (Wildman–Crippen MR) is 63.6 cm³/mol. The molecule has 0 aromatic carbocycles. The smallest absolute Gasteiger partial charge is 0.302 e. The summed E-state index contributed by atoms with van der Waals surface area (Å²) in [6.45, 7) is 3.47. The van der Waals surface area contributed by atoms with Crippen LogP contribution in [0.5, 0.6) is 0 Å². The van der Waals surface area contributed by atoms with E-state index >= 15 is 0 Å². The fourth-order valence-electron chi connectivity index (χ4n) is 2.88. The van der Waals surface area contributed by atoms with Gasteiger partial charge in [-0.05, 0) is 25.7 Å². The molecule has 4 heteroatoms. The topological polar surface area (TPSA) is 46.6 Å². The zero-order chi connectivity index (χ0) is 12.3. The molecule has 17 heavy (non-hydrogen) atoms. The molecule has 1 heterocycles. The molecule has 0 amide bonds. The van der Waals surface area contributed by atoms with Crippen molar-refractivity contribution in [2.45, 2.75) is 57.6 Å². The van der Waals surface area contributed by atoms with Gasteiger partial charge in [-0.15, -0.1) is 0 Å². The second-order valence-corrected chi connectivity index (χ2v) is 5.11. The van der Waals surface area contributed by atoms with Gasteiger partial charge in [-0.2, -0.15) is 0 Å². The van der Waals surface area contributed by atoms with Crippen molar-refractivity contribution in [1.82, 2.24) is 4.90 Å². The number of Topliss-reactive ketones (excluding diaryl/α,β-unsaturated/α-hetero) is 1. The zero-order valence-electron chi connectivity index (χ0n) is 10.5. The van der Waals surface area contributed by atoms with Gasteiger partial charge in [0, 0.05) is 38.9 Å². The lowest BCUT2D eigenvalue weighted by Gasteiger charge is -2.38. The lowest BCUT2D eigenvalue weighted by Crippen LogP contribution is -2.45. The summed E-state index contributed by atoms with van der Waals surface area (Å²) < 4.78 is 5.22. The van der Waals surface area contributed by atoms with Crippen LogP contribution in [0.1, 0.15) is 45.4 Å². The third-order valence-corrected chi connectivity index (χ3v) is 3.84. The number of rotatable bonds is 2. The number of esters is 1. The molecule has 0 bridgehead atoms. The van der Waals surface area contributed by atoms with Crippen LogP contribution in [-0.4, -0.2) is 41.9 Å². The maximum Gasteiger partial charge on any atom is 0.302 e. The van der Waals surface area contributed by atoms with E-state index in [1.54, 1.807) is 0 Å². The average Bonchev–Trinajstić information content (AvgIpc) is 2.30. The van der Waals surface area contributed by atoms with Gasteiger partial charge in [-0.1, -0.05) is 0 Å². The van der Waals surface area contributed by atoms with Crippen LogP contribution < -0.4 is 0 Å². The van der Waals surface area contributed by atoms with Gasteiger partial charge in [0.15, 0.2) is 0 Å². The van der Waals surface area contributed by atoms with E-state index in [4.69, 9.17) is 4.74 Å². The Morgan fingerprint density at radius 2 is 1.76 bits per heavy atom. The Morgan fingerprint density at radius 3 is 2.29 bits per heavy atom. The summed E-state index contributed by atoms with van der Waals surface area (Å²) in [5, 5.41) is 0. The Hall–Kier alpha value is -0.900. The zero-order valence-corrected chi connectivity index (χ0v) is 10.5. The molecule has 1 aliphatic heterocycles. The number of carbonyl (C=O) groups excluding carboxylic acids is 2. The van der Waals surface area contributed by atoms with Crippen molar-refractivity contribution in [3.8, 4) is 0 Å². The van der Waals surface area contributed by atoms with Crippen molar-refractivity contribution < 1.29 is 14.3 Å².